The minimum absolute atomic E-state index is 0.137. The normalized spacial score (nSPS) is 9.70. The first kappa shape index (κ1) is 17.2. The van der Waals surface area contributed by atoms with Crippen molar-refractivity contribution in [1.29, 1.82) is 0 Å². The van der Waals surface area contributed by atoms with Crippen molar-refractivity contribution in [3.05, 3.63) is 60.2 Å². The fourth-order valence-electron chi connectivity index (χ4n) is 1.60. The Kier molecular flexibility index (Phi) is 8.56. The van der Waals surface area contributed by atoms with Crippen LogP contribution in [0.5, 0.6) is 11.5 Å². The summed E-state index contributed by atoms with van der Waals surface area (Å²) >= 11 is 4.25. The van der Waals surface area contributed by atoms with Crippen molar-refractivity contribution in [2.24, 2.45) is 0 Å². The van der Waals surface area contributed by atoms with E-state index in [1.807, 2.05) is 62.4 Å². The first-order valence-electron chi connectivity index (χ1n) is 6.36. The van der Waals surface area contributed by atoms with Gasteiger partial charge in [0.15, 0.2) is 11.5 Å². The van der Waals surface area contributed by atoms with Gasteiger partial charge in [0.1, 0.15) is 0 Å². The number of para-hydroxylation sites is 2. The zero-order chi connectivity index (χ0) is 14.8. The molecular formula is C16H17BrO2Zn. The summed E-state index contributed by atoms with van der Waals surface area (Å²) in [5, 5.41) is 0. The topological polar surface area (TPSA) is 18.5 Å². The Balaban J connectivity index is 0.000000956. The Morgan fingerprint density at radius 2 is 1.70 bits per heavy atom. The van der Waals surface area contributed by atoms with Gasteiger partial charge in [0.05, 0.1) is 12.7 Å². The SMILES string of the molecule is CC(C)Oc1ccccc1OCc1[c-]cccc1.[Zn+][Br]. The van der Waals surface area contributed by atoms with Crippen LogP contribution in [0.1, 0.15) is 19.4 Å². The Labute approximate surface area is 137 Å². The molecule has 0 aromatic heterocycles. The van der Waals surface area contributed by atoms with Crippen LogP contribution < -0.4 is 9.47 Å². The van der Waals surface area contributed by atoms with Gasteiger partial charge in [-0.3, -0.25) is 0 Å². The van der Waals surface area contributed by atoms with Gasteiger partial charge in [-0.2, -0.15) is 30.3 Å². The van der Waals surface area contributed by atoms with Crippen LogP contribution in [-0.2, 0) is 22.9 Å². The second-order valence-corrected chi connectivity index (χ2v) is 4.29. The fraction of sp³-hybridized carbons (Fsp3) is 0.250. The summed E-state index contributed by atoms with van der Waals surface area (Å²) in [5.41, 5.74) is 1.02. The second-order valence-electron chi connectivity index (χ2n) is 4.29. The van der Waals surface area contributed by atoms with Crippen LogP contribution >= 0.6 is 13.6 Å². The minimum atomic E-state index is 0.137. The van der Waals surface area contributed by atoms with E-state index in [-0.39, 0.29) is 6.10 Å². The summed E-state index contributed by atoms with van der Waals surface area (Å²) in [6.45, 7) is 4.50. The van der Waals surface area contributed by atoms with Crippen LogP contribution in [0, 0.1) is 6.07 Å². The molecule has 2 aromatic carbocycles. The van der Waals surface area contributed by atoms with Crippen molar-refractivity contribution in [3.63, 3.8) is 0 Å². The van der Waals surface area contributed by atoms with E-state index in [2.05, 4.69) is 19.7 Å². The van der Waals surface area contributed by atoms with Gasteiger partial charge in [-0.15, -0.1) is 5.56 Å². The van der Waals surface area contributed by atoms with Gasteiger partial charge in [-0.25, -0.2) is 0 Å². The third kappa shape index (κ3) is 6.06. The Morgan fingerprint density at radius 3 is 2.30 bits per heavy atom. The molecule has 0 aliphatic rings. The molecule has 0 N–H and O–H groups in total. The average Bonchev–Trinajstić information content (AvgIpc) is 2.49. The number of hydrogen-bond donors (Lipinski definition) is 0. The van der Waals surface area contributed by atoms with Gasteiger partial charge in [0, 0.05) is 0 Å². The van der Waals surface area contributed by atoms with Crippen LogP contribution in [0.3, 0.4) is 0 Å². The molecular weight excluding hydrogens is 369 g/mol. The molecule has 0 aliphatic heterocycles. The summed E-state index contributed by atoms with van der Waals surface area (Å²) in [6, 6.07) is 18.7. The number of rotatable bonds is 5. The molecule has 0 spiro atoms. The van der Waals surface area contributed by atoms with Crippen molar-refractivity contribution in [2.45, 2.75) is 26.6 Å². The molecule has 0 saturated carbocycles. The van der Waals surface area contributed by atoms with Crippen LogP contribution in [0.25, 0.3) is 0 Å². The molecule has 0 unspecified atom stereocenters. The predicted molar refractivity (Wildman–Crippen MR) is 80.7 cm³/mol. The maximum atomic E-state index is 5.77. The molecule has 0 fully saturated rings. The molecule has 0 amide bonds. The second kappa shape index (κ2) is 9.96. The number of halogens is 1. The fourth-order valence-corrected chi connectivity index (χ4v) is 1.60. The zero-order valence-electron chi connectivity index (χ0n) is 11.8. The maximum absolute atomic E-state index is 5.77. The van der Waals surface area contributed by atoms with E-state index in [0.717, 1.165) is 17.1 Å². The summed E-state index contributed by atoms with van der Waals surface area (Å²) in [5.74, 6) is 1.55. The number of benzene rings is 2. The molecule has 0 bridgehead atoms. The standard InChI is InChI=1S/C16H17O2.BrH.Zn/c1-13(2)18-16-11-7-6-10-15(16)17-12-14-8-4-3-5-9-14;;/h3-8,10-11,13H,12H2,1-2H3;1H;/q-1;;+2/p-1. The van der Waals surface area contributed by atoms with Crippen molar-refractivity contribution in [3.8, 4) is 11.5 Å². The van der Waals surface area contributed by atoms with Crippen LogP contribution in [0.15, 0.2) is 48.5 Å². The molecule has 2 aromatic rings. The first-order chi connectivity index (χ1) is 9.75. The van der Waals surface area contributed by atoms with Crippen LogP contribution in [0.4, 0.5) is 0 Å². The molecule has 0 atom stereocenters. The molecule has 4 heteroatoms. The van der Waals surface area contributed by atoms with Crippen molar-refractivity contribution in [1.82, 2.24) is 0 Å². The van der Waals surface area contributed by atoms with E-state index in [4.69, 9.17) is 9.47 Å². The molecule has 0 saturated heterocycles. The summed E-state index contributed by atoms with van der Waals surface area (Å²) < 4.78 is 11.5. The van der Waals surface area contributed by atoms with E-state index >= 15 is 0 Å². The molecule has 2 rings (SSSR count). The summed E-state index contributed by atoms with van der Waals surface area (Å²) in [6.07, 6.45) is 0.137. The van der Waals surface area contributed by atoms with Crippen LogP contribution in [-0.4, -0.2) is 6.10 Å². The quantitative estimate of drug-likeness (QED) is 0.548. The Bertz CT molecular complexity index is 489. The summed E-state index contributed by atoms with van der Waals surface area (Å²) in [4.78, 5) is 0. The van der Waals surface area contributed by atoms with Crippen LogP contribution in [0.2, 0.25) is 0 Å². The van der Waals surface area contributed by atoms with Gasteiger partial charge in [0.25, 0.3) is 0 Å². The van der Waals surface area contributed by atoms with Gasteiger partial charge in [-0.1, -0.05) is 12.1 Å². The third-order valence-electron chi connectivity index (χ3n) is 2.37. The predicted octanol–water partition coefficient (Wildman–Crippen LogP) is 4.70. The molecule has 0 radical (unpaired) electrons. The summed E-state index contributed by atoms with van der Waals surface area (Å²) in [7, 11) is 0. The number of hydrogen-bond acceptors (Lipinski definition) is 2. The van der Waals surface area contributed by atoms with Gasteiger partial charge >= 0.3 is 30.0 Å². The first-order valence-corrected chi connectivity index (χ1v) is 13.3. The molecule has 2 nitrogen and oxygen atoms in total. The van der Waals surface area contributed by atoms with E-state index in [1.54, 1.807) is 0 Å². The van der Waals surface area contributed by atoms with Crippen molar-refractivity contribution >= 4 is 13.6 Å². The van der Waals surface area contributed by atoms with Gasteiger partial charge in [0.2, 0.25) is 0 Å². The zero-order valence-corrected chi connectivity index (χ0v) is 16.4. The third-order valence-corrected chi connectivity index (χ3v) is 2.37. The van der Waals surface area contributed by atoms with E-state index in [0.29, 0.717) is 6.61 Å². The number of ether oxygens (including phenoxy) is 2. The van der Waals surface area contributed by atoms with Crippen molar-refractivity contribution < 1.29 is 25.8 Å². The van der Waals surface area contributed by atoms with Crippen molar-refractivity contribution in [2.75, 3.05) is 0 Å². The molecule has 102 valence electrons. The average molecular weight is 387 g/mol. The molecule has 0 heterocycles. The van der Waals surface area contributed by atoms with E-state index in [9.17, 15) is 0 Å². The molecule has 0 aliphatic carbocycles. The molecule has 20 heavy (non-hydrogen) atoms. The van der Waals surface area contributed by atoms with E-state index in [1.165, 1.54) is 16.3 Å². The van der Waals surface area contributed by atoms with Gasteiger partial charge < -0.3 is 9.47 Å². The van der Waals surface area contributed by atoms with Gasteiger partial charge in [-0.05, 0) is 26.0 Å². The van der Waals surface area contributed by atoms with E-state index < -0.39 is 0 Å². The Hall–Kier alpha value is -0.857. The monoisotopic (exact) mass is 384 g/mol. The Morgan fingerprint density at radius 1 is 1.05 bits per heavy atom.